The summed E-state index contributed by atoms with van der Waals surface area (Å²) in [6.45, 7) is 24.9. The number of fused-ring (bicyclic) bond motifs is 7. The van der Waals surface area contributed by atoms with Crippen LogP contribution in [0, 0.1) is 56.7 Å². The van der Waals surface area contributed by atoms with Crippen LogP contribution in [0.2, 0.25) is 0 Å². The standard InChI is InChI=1S/C48H71N3O5S/c1-31(2)33-15-22-48(49-25-28-51-26-9-8-10-27-51)24-23-45(6)35(39(33)48)11-12-38-44(5)18-16-34(43(3,4)37(44)17-19-46(38,45)7)32-13-20-47(21-14-32,41(54)55)30-56-42-50-36(29-57-42)40(52)53/h13,16,29,33,35,37-39,49H,1,8-12,14-15,17-28,30H2,2-7H3,(H,52,53)(H,54,55)/t33-,35+,37-,38+,39+,44-,45+,46+,47?,48-/m0/s1. The second kappa shape index (κ2) is 14.9. The van der Waals surface area contributed by atoms with Gasteiger partial charge in [-0.25, -0.2) is 4.79 Å². The van der Waals surface area contributed by atoms with Gasteiger partial charge in [0.25, 0.3) is 5.19 Å². The smallest absolute Gasteiger partial charge is 0.355 e. The maximum atomic E-state index is 12.7. The molecule has 57 heavy (non-hydrogen) atoms. The minimum Gasteiger partial charge on any atom is -0.481 e. The van der Waals surface area contributed by atoms with Crippen LogP contribution in [-0.4, -0.2) is 70.4 Å². The molecular formula is C48H71N3O5S. The van der Waals surface area contributed by atoms with E-state index in [1.165, 1.54) is 112 Å². The van der Waals surface area contributed by atoms with E-state index in [0.29, 0.717) is 53.8 Å². The lowest BCUT2D eigenvalue weighted by Crippen LogP contribution is -2.68. The first-order chi connectivity index (χ1) is 27.0. The fraction of sp³-hybridized carbons (Fsp3) is 0.771. The average molecular weight is 802 g/mol. The number of nitrogens with one attached hydrogen (secondary N) is 1. The van der Waals surface area contributed by atoms with Gasteiger partial charge in [0.15, 0.2) is 5.69 Å². The van der Waals surface area contributed by atoms with Gasteiger partial charge in [-0.1, -0.05) is 76.7 Å². The van der Waals surface area contributed by atoms with Gasteiger partial charge >= 0.3 is 11.9 Å². The summed E-state index contributed by atoms with van der Waals surface area (Å²) in [5.74, 6) is 1.29. The summed E-state index contributed by atoms with van der Waals surface area (Å²) < 4.78 is 5.85. The largest absolute Gasteiger partial charge is 0.481 e. The van der Waals surface area contributed by atoms with Crippen LogP contribution in [0.4, 0.5) is 0 Å². The quantitative estimate of drug-likeness (QED) is 0.190. The molecule has 1 unspecified atom stereocenters. The normalized spacial score (nSPS) is 41.4. The molecule has 0 spiro atoms. The molecule has 0 bridgehead atoms. The number of carboxylic acid groups (broad SMARTS) is 2. The van der Waals surface area contributed by atoms with Crippen molar-refractivity contribution in [1.82, 2.24) is 15.2 Å². The monoisotopic (exact) mass is 802 g/mol. The zero-order valence-corrected chi connectivity index (χ0v) is 36.7. The second-order valence-electron chi connectivity index (χ2n) is 21.3. The Balaban J connectivity index is 1.01. The molecular weight excluding hydrogens is 731 g/mol. The van der Waals surface area contributed by atoms with E-state index in [9.17, 15) is 19.8 Å². The van der Waals surface area contributed by atoms with E-state index in [1.807, 2.05) is 0 Å². The van der Waals surface area contributed by atoms with Crippen LogP contribution in [0.3, 0.4) is 0 Å². The molecule has 314 valence electrons. The molecule has 0 radical (unpaired) electrons. The molecule has 10 atom stereocenters. The fourth-order valence-corrected chi connectivity index (χ4v) is 16.0. The molecule has 0 aromatic carbocycles. The Morgan fingerprint density at radius 2 is 1.70 bits per heavy atom. The lowest BCUT2D eigenvalue weighted by molar-refractivity contribution is -0.221. The number of likely N-dealkylation sites (tertiary alicyclic amines) is 1. The highest BCUT2D eigenvalue weighted by molar-refractivity contribution is 7.11. The Morgan fingerprint density at radius 1 is 0.930 bits per heavy atom. The maximum absolute atomic E-state index is 12.7. The number of ether oxygens (including phenoxy) is 1. The lowest BCUT2D eigenvalue weighted by Gasteiger charge is -2.72. The molecule has 1 aromatic rings. The highest BCUT2D eigenvalue weighted by Gasteiger charge is 2.70. The number of thiazole rings is 1. The number of aliphatic carboxylic acids is 1. The Hall–Kier alpha value is -2.49. The number of carbonyl (C=O) groups is 2. The van der Waals surface area contributed by atoms with Crippen LogP contribution in [0.5, 0.6) is 5.19 Å². The van der Waals surface area contributed by atoms with Gasteiger partial charge in [0.05, 0.1) is 0 Å². The van der Waals surface area contributed by atoms with E-state index in [2.05, 4.69) is 75.5 Å². The molecule has 6 aliphatic carbocycles. The van der Waals surface area contributed by atoms with E-state index in [4.69, 9.17) is 4.74 Å². The van der Waals surface area contributed by atoms with Crippen molar-refractivity contribution in [3.05, 3.63) is 46.5 Å². The van der Waals surface area contributed by atoms with Crippen LogP contribution in [-0.2, 0) is 4.79 Å². The third-order valence-electron chi connectivity index (χ3n) is 18.6. The van der Waals surface area contributed by atoms with Crippen molar-refractivity contribution in [2.75, 3.05) is 32.8 Å². The number of nitrogens with zero attached hydrogens (tertiary/aromatic N) is 2. The molecule has 3 N–H and O–H groups in total. The predicted molar refractivity (Wildman–Crippen MR) is 228 cm³/mol. The maximum Gasteiger partial charge on any atom is 0.355 e. The number of aromatic nitrogens is 1. The Morgan fingerprint density at radius 3 is 2.37 bits per heavy atom. The summed E-state index contributed by atoms with van der Waals surface area (Å²) in [6.07, 6.45) is 22.0. The van der Waals surface area contributed by atoms with Crippen molar-refractivity contribution < 1.29 is 24.5 Å². The van der Waals surface area contributed by atoms with E-state index in [0.717, 1.165) is 30.2 Å². The summed E-state index contributed by atoms with van der Waals surface area (Å²) >= 11 is 1.10. The second-order valence-corrected chi connectivity index (χ2v) is 22.1. The van der Waals surface area contributed by atoms with Crippen LogP contribution in [0.1, 0.15) is 148 Å². The molecule has 2 heterocycles. The van der Waals surface area contributed by atoms with Crippen LogP contribution < -0.4 is 10.1 Å². The predicted octanol–water partition coefficient (Wildman–Crippen LogP) is 10.4. The Kier molecular flexibility index (Phi) is 10.8. The lowest BCUT2D eigenvalue weighted by atomic mass is 9.33. The zero-order valence-electron chi connectivity index (χ0n) is 35.9. The number of carboxylic acids is 2. The number of piperidine rings is 1. The zero-order chi connectivity index (χ0) is 40.6. The summed E-state index contributed by atoms with van der Waals surface area (Å²) in [6, 6.07) is 0. The molecule has 1 saturated heterocycles. The molecule has 7 aliphatic rings. The number of hydrogen-bond donors (Lipinski definition) is 3. The van der Waals surface area contributed by atoms with Crippen LogP contribution in [0.25, 0.3) is 0 Å². The van der Waals surface area contributed by atoms with Gasteiger partial charge in [0.1, 0.15) is 12.0 Å². The van der Waals surface area contributed by atoms with Gasteiger partial charge in [-0.05, 0) is 172 Å². The number of aromatic carboxylic acids is 1. The first kappa shape index (κ1) is 41.3. The Labute approximate surface area is 346 Å². The van der Waals surface area contributed by atoms with Crippen molar-refractivity contribution >= 4 is 23.3 Å². The van der Waals surface area contributed by atoms with Crippen molar-refractivity contribution in [2.24, 2.45) is 56.7 Å². The molecule has 1 aliphatic heterocycles. The molecule has 5 fully saturated rings. The van der Waals surface area contributed by atoms with E-state index in [-0.39, 0.29) is 33.9 Å². The third kappa shape index (κ3) is 6.61. The first-order valence-corrected chi connectivity index (χ1v) is 23.5. The molecule has 9 heteroatoms. The SMILES string of the molecule is C=C(C)[C@@H]1CC[C@]2(NCCN3CCCCC3)CC[C@]3(C)[C@H](CC[C@@H]4[C@@]5(C)CC=C(C6=CCC(COc7nc(C(=O)O)cs7)(C(=O)O)CC6)C(C)(C)[C@@H]5CC[C@]43C)[C@@H]12. The summed E-state index contributed by atoms with van der Waals surface area (Å²) in [4.78, 5) is 30.8. The van der Waals surface area contributed by atoms with Crippen LogP contribution >= 0.6 is 11.3 Å². The minimum absolute atomic E-state index is 0.0116. The molecule has 8 rings (SSSR count). The average Bonchev–Trinajstić information content (AvgIpc) is 3.81. The molecule has 4 saturated carbocycles. The van der Waals surface area contributed by atoms with Gasteiger partial charge in [-0.2, -0.15) is 4.98 Å². The topological polar surface area (TPSA) is 112 Å². The Bertz CT molecular complexity index is 1810. The van der Waals surface area contributed by atoms with E-state index < -0.39 is 17.4 Å². The van der Waals surface area contributed by atoms with Gasteiger partial charge < -0.3 is 25.2 Å². The van der Waals surface area contributed by atoms with Gasteiger partial charge in [-0.3, -0.25) is 4.79 Å². The minimum atomic E-state index is -1.12. The number of rotatable bonds is 11. The van der Waals surface area contributed by atoms with Gasteiger partial charge in [0, 0.05) is 24.0 Å². The van der Waals surface area contributed by atoms with Gasteiger partial charge in [0.2, 0.25) is 0 Å². The fourth-order valence-electron chi connectivity index (χ4n) is 15.4. The molecule has 1 aromatic heterocycles. The number of hydrogen-bond acceptors (Lipinski definition) is 7. The van der Waals surface area contributed by atoms with Crippen molar-refractivity contribution in [1.29, 1.82) is 0 Å². The highest BCUT2D eigenvalue weighted by Crippen LogP contribution is 2.76. The summed E-state index contributed by atoms with van der Waals surface area (Å²) in [5, 5.41) is 25.7. The first-order valence-electron chi connectivity index (χ1n) is 22.6. The summed E-state index contributed by atoms with van der Waals surface area (Å²) in [5.41, 5.74) is 4.08. The van der Waals surface area contributed by atoms with Crippen LogP contribution in [0.15, 0.2) is 40.8 Å². The third-order valence-corrected chi connectivity index (χ3v) is 19.3. The summed E-state index contributed by atoms with van der Waals surface area (Å²) in [7, 11) is 0. The van der Waals surface area contributed by atoms with E-state index >= 15 is 0 Å². The molecule has 0 amide bonds. The highest BCUT2D eigenvalue weighted by atomic mass is 32.1. The van der Waals surface area contributed by atoms with Crippen molar-refractivity contribution in [2.45, 2.75) is 143 Å². The number of allylic oxidation sites excluding steroid dienone is 5. The van der Waals surface area contributed by atoms with Gasteiger partial charge in [-0.15, -0.1) is 0 Å². The van der Waals surface area contributed by atoms with Crippen molar-refractivity contribution in [3.63, 3.8) is 0 Å². The molecule has 8 nitrogen and oxygen atoms in total. The van der Waals surface area contributed by atoms with E-state index in [1.54, 1.807) is 0 Å². The van der Waals surface area contributed by atoms with Crippen molar-refractivity contribution in [3.8, 4) is 5.19 Å².